The predicted octanol–water partition coefficient (Wildman–Crippen LogP) is 2.34. The molecule has 1 atom stereocenters. The van der Waals surface area contributed by atoms with Gasteiger partial charge in [-0.3, -0.25) is 10.1 Å². The van der Waals surface area contributed by atoms with E-state index < -0.39 is 4.92 Å². The second-order valence-electron chi connectivity index (χ2n) is 4.06. The maximum Gasteiger partial charge on any atom is 0.311 e. The van der Waals surface area contributed by atoms with Crippen molar-refractivity contribution in [1.82, 2.24) is 4.98 Å². The van der Waals surface area contributed by atoms with Crippen LogP contribution in [0.5, 0.6) is 0 Å². The Labute approximate surface area is 110 Å². The van der Waals surface area contributed by atoms with E-state index in [1.165, 1.54) is 6.07 Å². The summed E-state index contributed by atoms with van der Waals surface area (Å²) in [6.45, 7) is 2.70. The lowest BCUT2D eigenvalue weighted by atomic mass is 10.2. The average molecular weight is 268 g/mol. The Bertz CT molecular complexity index is 435. The maximum absolute atomic E-state index is 11.0. The molecule has 6 nitrogen and oxygen atoms in total. The molecule has 0 amide bonds. The lowest BCUT2D eigenvalue weighted by molar-refractivity contribution is -0.384. The Kier molecular flexibility index (Phi) is 4.24. The molecule has 0 aromatic carbocycles. The monoisotopic (exact) mass is 268 g/mol. The number of hydrogen-bond acceptors (Lipinski definition) is 6. The Hall–Kier alpha value is -1.50. The van der Waals surface area contributed by atoms with E-state index in [0.717, 1.165) is 24.5 Å². The Morgan fingerprint density at radius 1 is 1.61 bits per heavy atom. The molecule has 0 bridgehead atoms. The zero-order valence-corrected chi connectivity index (χ0v) is 11.0. The first-order valence-electron chi connectivity index (χ1n) is 5.94. The molecule has 1 aliphatic heterocycles. The lowest BCUT2D eigenvalue weighted by Gasteiger charge is -2.13. The lowest BCUT2D eigenvalue weighted by Crippen LogP contribution is -2.20. The molecular weight excluding hydrogens is 252 g/mol. The van der Waals surface area contributed by atoms with Gasteiger partial charge in [0.05, 0.1) is 4.92 Å². The minimum absolute atomic E-state index is 0.0357. The van der Waals surface area contributed by atoms with Gasteiger partial charge in [0.2, 0.25) is 5.82 Å². The number of thioether (sulfide) groups is 1. The van der Waals surface area contributed by atoms with E-state index in [1.807, 2.05) is 18.7 Å². The van der Waals surface area contributed by atoms with Crippen molar-refractivity contribution in [3.8, 4) is 0 Å². The first-order valence-corrected chi connectivity index (χ1v) is 7.09. The van der Waals surface area contributed by atoms with E-state index >= 15 is 0 Å². The zero-order valence-electron chi connectivity index (χ0n) is 10.2. The number of nitrogens with zero attached hydrogens (tertiary/aromatic N) is 2. The third-order valence-electron chi connectivity index (χ3n) is 2.70. The highest BCUT2D eigenvalue weighted by Gasteiger charge is 2.21. The fraction of sp³-hybridized carbons (Fsp3) is 0.545. The van der Waals surface area contributed by atoms with Gasteiger partial charge in [-0.2, -0.15) is 11.8 Å². The summed E-state index contributed by atoms with van der Waals surface area (Å²) in [5.41, 5.74) is 0.0357. The van der Waals surface area contributed by atoms with E-state index in [2.05, 4.69) is 15.6 Å². The van der Waals surface area contributed by atoms with Crippen LogP contribution in [0.3, 0.4) is 0 Å². The van der Waals surface area contributed by atoms with Crippen molar-refractivity contribution in [3.05, 3.63) is 22.2 Å². The van der Waals surface area contributed by atoms with Crippen LogP contribution in [0.2, 0.25) is 0 Å². The fourth-order valence-electron chi connectivity index (χ4n) is 1.83. The molecule has 1 unspecified atom stereocenters. The summed E-state index contributed by atoms with van der Waals surface area (Å²) < 4.78 is 0. The number of pyridine rings is 1. The van der Waals surface area contributed by atoms with Gasteiger partial charge >= 0.3 is 5.69 Å². The molecule has 2 heterocycles. The Morgan fingerprint density at radius 3 is 3.06 bits per heavy atom. The van der Waals surface area contributed by atoms with Crippen LogP contribution < -0.4 is 10.6 Å². The molecule has 0 aliphatic carbocycles. The molecule has 1 aliphatic rings. The topological polar surface area (TPSA) is 80.1 Å². The summed E-state index contributed by atoms with van der Waals surface area (Å²) in [5, 5.41) is 17.2. The van der Waals surface area contributed by atoms with Gasteiger partial charge in [0.15, 0.2) is 0 Å². The molecule has 0 radical (unpaired) electrons. The largest absolute Gasteiger partial charge is 0.370 e. The molecular formula is C11H16N4O2S. The van der Waals surface area contributed by atoms with Crippen LogP contribution >= 0.6 is 11.8 Å². The van der Waals surface area contributed by atoms with Crippen LogP contribution in [0.15, 0.2) is 12.1 Å². The third kappa shape index (κ3) is 3.04. The first-order chi connectivity index (χ1) is 8.70. The second-order valence-corrected chi connectivity index (χ2v) is 5.21. The SMILES string of the molecule is CCNc1ccc([N+](=O)[O-])c(NC2CCSC2)n1. The maximum atomic E-state index is 11.0. The number of nitrogens with one attached hydrogen (secondary N) is 2. The van der Waals surface area contributed by atoms with Crippen molar-refractivity contribution in [2.45, 2.75) is 19.4 Å². The summed E-state index contributed by atoms with van der Waals surface area (Å²) in [5.74, 6) is 3.10. The fourth-order valence-corrected chi connectivity index (χ4v) is 2.98. The normalized spacial score (nSPS) is 18.6. The van der Waals surface area contributed by atoms with Crippen LogP contribution in [0.1, 0.15) is 13.3 Å². The molecule has 2 N–H and O–H groups in total. The molecule has 0 spiro atoms. The van der Waals surface area contributed by atoms with E-state index in [4.69, 9.17) is 0 Å². The van der Waals surface area contributed by atoms with Gasteiger partial charge in [0, 0.05) is 24.4 Å². The third-order valence-corrected chi connectivity index (χ3v) is 3.86. The van der Waals surface area contributed by atoms with Crippen molar-refractivity contribution >= 4 is 29.1 Å². The number of rotatable bonds is 5. The van der Waals surface area contributed by atoms with Crippen molar-refractivity contribution in [2.75, 3.05) is 28.7 Å². The average Bonchev–Trinajstić information content (AvgIpc) is 2.82. The van der Waals surface area contributed by atoms with Crippen LogP contribution in [-0.4, -0.2) is 34.0 Å². The molecule has 1 aromatic rings. The van der Waals surface area contributed by atoms with E-state index in [9.17, 15) is 10.1 Å². The molecule has 18 heavy (non-hydrogen) atoms. The number of aromatic nitrogens is 1. The van der Waals surface area contributed by atoms with Crippen LogP contribution in [0, 0.1) is 10.1 Å². The summed E-state index contributed by atoms with van der Waals surface area (Å²) >= 11 is 1.85. The molecule has 1 aromatic heterocycles. The number of hydrogen-bond donors (Lipinski definition) is 2. The van der Waals surface area contributed by atoms with Crippen LogP contribution in [-0.2, 0) is 0 Å². The smallest absolute Gasteiger partial charge is 0.311 e. The van der Waals surface area contributed by atoms with Gasteiger partial charge in [0.25, 0.3) is 0 Å². The molecule has 0 saturated carbocycles. The highest BCUT2D eigenvalue weighted by Crippen LogP contribution is 2.27. The van der Waals surface area contributed by atoms with Gasteiger partial charge in [-0.05, 0) is 25.2 Å². The van der Waals surface area contributed by atoms with E-state index in [-0.39, 0.29) is 11.7 Å². The van der Waals surface area contributed by atoms with Gasteiger partial charge in [-0.1, -0.05) is 0 Å². The highest BCUT2D eigenvalue weighted by atomic mass is 32.2. The molecule has 98 valence electrons. The summed E-state index contributed by atoms with van der Waals surface area (Å²) in [4.78, 5) is 14.8. The van der Waals surface area contributed by atoms with Crippen molar-refractivity contribution in [3.63, 3.8) is 0 Å². The standard InChI is InChI=1S/C11H16N4O2S/c1-2-12-10-4-3-9(15(16)17)11(14-10)13-8-5-6-18-7-8/h3-4,8H,2,5-7H2,1H3,(H2,12,13,14). The van der Waals surface area contributed by atoms with Crippen molar-refractivity contribution in [2.24, 2.45) is 0 Å². The summed E-state index contributed by atoms with van der Waals surface area (Å²) in [6, 6.07) is 3.41. The number of anilines is 2. The molecule has 1 fully saturated rings. The van der Waals surface area contributed by atoms with E-state index in [0.29, 0.717) is 11.6 Å². The number of nitro groups is 1. The predicted molar refractivity (Wildman–Crippen MR) is 74.4 cm³/mol. The Morgan fingerprint density at radius 2 is 2.44 bits per heavy atom. The second kappa shape index (κ2) is 5.90. The minimum Gasteiger partial charge on any atom is -0.370 e. The summed E-state index contributed by atoms with van der Waals surface area (Å²) in [7, 11) is 0. The van der Waals surface area contributed by atoms with Gasteiger partial charge in [-0.25, -0.2) is 4.98 Å². The minimum atomic E-state index is -0.396. The van der Waals surface area contributed by atoms with Gasteiger partial charge in [-0.15, -0.1) is 0 Å². The van der Waals surface area contributed by atoms with Crippen molar-refractivity contribution < 1.29 is 4.92 Å². The molecule has 2 rings (SSSR count). The molecule has 7 heteroatoms. The van der Waals surface area contributed by atoms with E-state index in [1.54, 1.807) is 6.07 Å². The van der Waals surface area contributed by atoms with Crippen LogP contribution in [0.4, 0.5) is 17.3 Å². The van der Waals surface area contributed by atoms with Gasteiger partial charge in [0.1, 0.15) is 5.82 Å². The molecule has 1 saturated heterocycles. The Balaban J connectivity index is 2.21. The highest BCUT2D eigenvalue weighted by molar-refractivity contribution is 7.99. The van der Waals surface area contributed by atoms with Crippen molar-refractivity contribution in [1.29, 1.82) is 0 Å². The van der Waals surface area contributed by atoms with Gasteiger partial charge < -0.3 is 10.6 Å². The van der Waals surface area contributed by atoms with Crippen LogP contribution in [0.25, 0.3) is 0 Å². The first kappa shape index (κ1) is 12.9. The summed E-state index contributed by atoms with van der Waals surface area (Å²) in [6.07, 6.45) is 1.02. The quantitative estimate of drug-likeness (QED) is 0.630. The zero-order chi connectivity index (χ0) is 13.0.